The molecule has 0 aliphatic heterocycles. The number of hydrogen-bond donors (Lipinski definition) is 1. The van der Waals surface area contributed by atoms with E-state index in [0.29, 0.717) is 35.8 Å². The monoisotopic (exact) mass is 435 g/mol. The van der Waals surface area contributed by atoms with Crippen molar-refractivity contribution < 1.29 is 9.90 Å². The van der Waals surface area contributed by atoms with Crippen molar-refractivity contribution in [1.29, 1.82) is 0 Å². The molecular formula is C27H37N3O2. The minimum Gasteiger partial charge on any atom is -0.390 e. The van der Waals surface area contributed by atoms with Gasteiger partial charge in [0.25, 0.3) is 0 Å². The van der Waals surface area contributed by atoms with Crippen LogP contribution in [-0.2, 0) is 11.3 Å². The number of carbonyl (C=O) groups is 1. The number of Topliss-reactive ketones (excluding diaryl/α,β-unsaturated/α-hetero) is 1. The second kappa shape index (κ2) is 6.92. The van der Waals surface area contributed by atoms with Crippen LogP contribution in [0.15, 0.2) is 6.20 Å². The van der Waals surface area contributed by atoms with E-state index in [-0.39, 0.29) is 11.3 Å². The molecule has 0 aromatic carbocycles. The molecule has 5 aliphatic carbocycles. The summed E-state index contributed by atoms with van der Waals surface area (Å²) in [4.78, 5) is 17.2. The maximum atomic E-state index is 13.7. The maximum Gasteiger partial charge on any atom is 0.227 e. The fourth-order valence-electron chi connectivity index (χ4n) is 9.61. The molecule has 5 aliphatic rings. The smallest absolute Gasteiger partial charge is 0.227 e. The lowest BCUT2D eigenvalue weighted by Gasteiger charge is -2.57. The van der Waals surface area contributed by atoms with Crippen molar-refractivity contribution in [2.45, 2.75) is 84.3 Å². The van der Waals surface area contributed by atoms with Gasteiger partial charge in [0.15, 0.2) is 5.78 Å². The van der Waals surface area contributed by atoms with E-state index in [4.69, 9.17) is 6.57 Å². The van der Waals surface area contributed by atoms with Crippen LogP contribution in [0, 0.1) is 66.3 Å². The Kier molecular flexibility index (Phi) is 4.52. The predicted molar refractivity (Wildman–Crippen MR) is 122 cm³/mol. The third-order valence-electron chi connectivity index (χ3n) is 10.9. The molecule has 5 nitrogen and oxygen atoms in total. The predicted octanol–water partition coefficient (Wildman–Crippen LogP) is 5.19. The van der Waals surface area contributed by atoms with E-state index in [1.54, 1.807) is 10.9 Å². The number of aromatic nitrogens is 2. The molecule has 0 unspecified atom stereocenters. The summed E-state index contributed by atoms with van der Waals surface area (Å²) < 4.78 is 1.76. The van der Waals surface area contributed by atoms with Crippen LogP contribution in [0.2, 0.25) is 0 Å². The lowest BCUT2D eigenvalue weighted by atomic mass is 9.48. The molecule has 0 bridgehead atoms. The first kappa shape index (κ1) is 20.9. The van der Waals surface area contributed by atoms with Gasteiger partial charge in [-0.1, -0.05) is 6.92 Å². The van der Waals surface area contributed by atoms with Crippen LogP contribution in [-0.4, -0.2) is 26.3 Å². The maximum absolute atomic E-state index is 13.7. The number of hydrogen-bond acceptors (Lipinski definition) is 3. The van der Waals surface area contributed by atoms with Crippen molar-refractivity contribution in [3.05, 3.63) is 23.3 Å². The van der Waals surface area contributed by atoms with Crippen molar-refractivity contribution in [3.63, 3.8) is 0 Å². The summed E-state index contributed by atoms with van der Waals surface area (Å²) in [6.45, 7) is 14.0. The van der Waals surface area contributed by atoms with Crippen LogP contribution >= 0.6 is 0 Å². The first-order valence-corrected chi connectivity index (χ1v) is 12.9. The van der Waals surface area contributed by atoms with Crippen LogP contribution in [0.25, 0.3) is 4.85 Å². The lowest BCUT2D eigenvalue weighted by Crippen LogP contribution is -2.52. The summed E-state index contributed by atoms with van der Waals surface area (Å²) in [5.74, 6) is 5.66. The van der Waals surface area contributed by atoms with Crippen molar-refractivity contribution in [2.24, 2.45) is 52.8 Å². The Hall–Kier alpha value is -1.67. The van der Waals surface area contributed by atoms with Gasteiger partial charge >= 0.3 is 0 Å². The van der Waals surface area contributed by atoms with Gasteiger partial charge < -0.3 is 5.11 Å². The molecule has 1 aromatic heterocycles. The molecule has 172 valence electrons. The molecule has 5 saturated carbocycles. The molecular weight excluding hydrogens is 398 g/mol. The second-order valence-corrected chi connectivity index (χ2v) is 12.5. The van der Waals surface area contributed by atoms with Crippen LogP contribution in [0.1, 0.15) is 70.9 Å². The summed E-state index contributed by atoms with van der Waals surface area (Å²) in [6.07, 6.45) is 11.0. The van der Waals surface area contributed by atoms with E-state index in [1.165, 1.54) is 38.5 Å². The van der Waals surface area contributed by atoms with E-state index in [9.17, 15) is 9.90 Å². The van der Waals surface area contributed by atoms with Crippen molar-refractivity contribution in [1.82, 2.24) is 9.78 Å². The summed E-state index contributed by atoms with van der Waals surface area (Å²) in [5, 5.41) is 15.0. The first-order valence-electron chi connectivity index (χ1n) is 12.9. The van der Waals surface area contributed by atoms with Crippen LogP contribution in [0.5, 0.6) is 0 Å². The van der Waals surface area contributed by atoms with Gasteiger partial charge in [-0.05, 0) is 112 Å². The topological polar surface area (TPSA) is 59.5 Å². The van der Waals surface area contributed by atoms with E-state index >= 15 is 0 Å². The van der Waals surface area contributed by atoms with Gasteiger partial charge in [-0.3, -0.25) is 9.48 Å². The molecule has 0 spiro atoms. The number of ketones is 1. The molecule has 5 fully saturated rings. The molecule has 0 amide bonds. The van der Waals surface area contributed by atoms with Crippen molar-refractivity contribution in [2.75, 3.05) is 0 Å². The third kappa shape index (κ3) is 2.91. The molecule has 0 saturated heterocycles. The van der Waals surface area contributed by atoms with E-state index in [0.717, 1.165) is 42.2 Å². The summed E-state index contributed by atoms with van der Waals surface area (Å²) in [5.41, 5.74) is 1.06. The molecule has 1 aromatic rings. The minimum absolute atomic E-state index is 0.141. The summed E-state index contributed by atoms with van der Waals surface area (Å²) in [7, 11) is 0. The fraction of sp³-hybridized carbons (Fsp3) is 0.815. The highest BCUT2D eigenvalue weighted by atomic mass is 16.3. The average molecular weight is 436 g/mol. The SMILES string of the molecule is [C-]#[N+]c1cnn(CC(=O)[C@H]2[C@H]3C[C@H]3[C@H]3[C@@H]4CC[C@@H]5C[C@](C)(O)CC[C@@H]5[C@H]4CC[C@@]32C)c1C. The molecule has 1 N–H and O–H groups in total. The molecule has 0 radical (unpaired) electrons. The Morgan fingerprint density at radius 1 is 1.16 bits per heavy atom. The minimum atomic E-state index is -0.457. The molecule has 10 atom stereocenters. The van der Waals surface area contributed by atoms with Crippen molar-refractivity contribution >= 4 is 11.5 Å². The zero-order valence-corrected chi connectivity index (χ0v) is 19.8. The fourth-order valence-corrected chi connectivity index (χ4v) is 9.61. The highest BCUT2D eigenvalue weighted by Crippen LogP contribution is 2.74. The zero-order valence-electron chi connectivity index (χ0n) is 19.8. The first-order chi connectivity index (χ1) is 15.2. The highest BCUT2D eigenvalue weighted by Gasteiger charge is 2.70. The van der Waals surface area contributed by atoms with Crippen LogP contribution < -0.4 is 0 Å². The van der Waals surface area contributed by atoms with E-state index in [2.05, 4.69) is 16.9 Å². The van der Waals surface area contributed by atoms with E-state index < -0.39 is 5.60 Å². The Bertz CT molecular complexity index is 990. The number of rotatable bonds is 3. The second-order valence-electron chi connectivity index (χ2n) is 12.5. The number of fused-ring (bicyclic) bond motifs is 7. The molecule has 32 heavy (non-hydrogen) atoms. The number of aliphatic hydroxyl groups is 1. The van der Waals surface area contributed by atoms with Gasteiger partial charge in [-0.2, -0.15) is 5.10 Å². The Morgan fingerprint density at radius 3 is 2.69 bits per heavy atom. The van der Waals surface area contributed by atoms with Crippen LogP contribution in [0.4, 0.5) is 5.69 Å². The number of carbonyl (C=O) groups excluding carboxylic acids is 1. The standard InChI is InChI=1S/C27H37N3O2/c1-15-22(28-4)13-29-30(15)14-23(31)25-21-11-20(21)24-19-6-5-16-12-26(2,32)9-7-17(16)18(19)8-10-27(24,25)3/h13,16-21,24-25,32H,5-12,14H2,1-3H3/t16-,17+,18-,19-,20-,21+,24-,25-,26-,27+/m1/s1. The largest absolute Gasteiger partial charge is 0.390 e. The Morgan fingerprint density at radius 2 is 1.94 bits per heavy atom. The zero-order chi connectivity index (χ0) is 22.4. The van der Waals surface area contributed by atoms with Gasteiger partial charge in [-0.15, -0.1) is 0 Å². The van der Waals surface area contributed by atoms with Crippen molar-refractivity contribution in [3.8, 4) is 0 Å². The molecule has 1 heterocycles. The summed E-state index contributed by atoms with van der Waals surface area (Å²) in [6, 6.07) is 0. The highest BCUT2D eigenvalue weighted by molar-refractivity contribution is 5.83. The van der Waals surface area contributed by atoms with Gasteiger partial charge in [0.2, 0.25) is 5.69 Å². The molecule has 5 heteroatoms. The Labute approximate surface area is 191 Å². The molecule has 6 rings (SSSR count). The van der Waals surface area contributed by atoms with Gasteiger partial charge in [-0.25, -0.2) is 4.85 Å². The quantitative estimate of drug-likeness (QED) is 0.665. The van der Waals surface area contributed by atoms with E-state index in [1.807, 2.05) is 13.8 Å². The third-order valence-corrected chi connectivity index (χ3v) is 10.9. The van der Waals surface area contributed by atoms with Gasteiger partial charge in [0, 0.05) is 11.6 Å². The average Bonchev–Trinajstić information content (AvgIpc) is 3.34. The number of nitrogens with zero attached hydrogens (tertiary/aromatic N) is 3. The van der Waals surface area contributed by atoms with Gasteiger partial charge in [0.1, 0.15) is 0 Å². The van der Waals surface area contributed by atoms with Gasteiger partial charge in [0.05, 0.1) is 24.9 Å². The normalized spacial score (nSPS) is 48.7. The Balaban J connectivity index is 1.23. The van der Waals surface area contributed by atoms with Crippen LogP contribution in [0.3, 0.4) is 0 Å². The summed E-state index contributed by atoms with van der Waals surface area (Å²) >= 11 is 0. The lowest BCUT2D eigenvalue weighted by molar-refractivity contribution is -0.136.